The average Bonchev–Trinajstić information content (AvgIpc) is 2.92. The lowest BCUT2D eigenvalue weighted by Gasteiger charge is -2.27. The van der Waals surface area contributed by atoms with E-state index in [-0.39, 0.29) is 5.91 Å². The van der Waals surface area contributed by atoms with Gasteiger partial charge in [0, 0.05) is 31.6 Å². The number of benzene rings is 1. The molecule has 0 radical (unpaired) electrons. The van der Waals surface area contributed by atoms with Crippen LogP contribution in [-0.4, -0.2) is 22.3 Å². The number of nitrogens with one attached hydrogen (secondary N) is 1. The Bertz CT molecular complexity index is 660. The van der Waals surface area contributed by atoms with E-state index in [4.69, 9.17) is 0 Å². The molecule has 0 bridgehead atoms. The summed E-state index contributed by atoms with van der Waals surface area (Å²) >= 11 is 3.46. The fraction of sp³-hybridized carbons (Fsp3) is 0.389. The largest absolute Gasteiger partial charge is 0.353 e. The molecule has 0 fully saturated rings. The Morgan fingerprint density at radius 2 is 2.00 bits per heavy atom. The number of hydrogen-bond acceptors (Lipinski definition) is 1. The number of rotatable bonds is 4. The summed E-state index contributed by atoms with van der Waals surface area (Å²) in [5, 5.41) is 0. The van der Waals surface area contributed by atoms with E-state index in [2.05, 4.69) is 58.2 Å². The maximum atomic E-state index is 12.4. The molecule has 2 aromatic rings. The third-order valence-corrected chi connectivity index (χ3v) is 4.79. The summed E-state index contributed by atoms with van der Waals surface area (Å²) in [5.74, 6) is 0.252. The minimum atomic E-state index is 0.252. The third-order valence-electron chi connectivity index (χ3n) is 4.36. The number of halogens is 1. The molecule has 1 aliphatic rings. The van der Waals surface area contributed by atoms with Gasteiger partial charge in [-0.2, -0.15) is 0 Å². The predicted octanol–water partition coefficient (Wildman–Crippen LogP) is 3.86. The Balaban J connectivity index is 1.56. The number of aromatic amines is 1. The molecule has 4 heteroatoms. The first-order valence-electron chi connectivity index (χ1n) is 7.87. The molecule has 0 atom stereocenters. The van der Waals surface area contributed by atoms with Crippen LogP contribution in [0.4, 0.5) is 0 Å². The van der Waals surface area contributed by atoms with Gasteiger partial charge in [0.1, 0.15) is 0 Å². The average molecular weight is 361 g/mol. The van der Waals surface area contributed by atoms with Crippen molar-refractivity contribution in [2.24, 2.45) is 0 Å². The number of hydrogen-bond donors (Lipinski definition) is 1. The van der Waals surface area contributed by atoms with Crippen LogP contribution in [0.1, 0.15) is 35.7 Å². The summed E-state index contributed by atoms with van der Waals surface area (Å²) in [6.07, 6.45) is 3.38. The highest BCUT2D eigenvalue weighted by molar-refractivity contribution is 9.10. The van der Waals surface area contributed by atoms with E-state index >= 15 is 0 Å². The van der Waals surface area contributed by atoms with Gasteiger partial charge >= 0.3 is 0 Å². The normalized spacial score (nSPS) is 14.0. The lowest BCUT2D eigenvalue weighted by molar-refractivity contribution is -0.132. The maximum absolute atomic E-state index is 12.4. The Labute approximate surface area is 139 Å². The Morgan fingerprint density at radius 1 is 1.27 bits per heavy atom. The number of amides is 1. The second-order valence-electron chi connectivity index (χ2n) is 5.86. The van der Waals surface area contributed by atoms with Gasteiger partial charge in [-0.25, -0.2) is 0 Å². The van der Waals surface area contributed by atoms with E-state index in [1.165, 1.54) is 22.4 Å². The van der Waals surface area contributed by atoms with Crippen molar-refractivity contribution in [1.29, 1.82) is 0 Å². The molecular formula is C18H21BrN2O. The number of nitrogens with zero attached hydrogens (tertiary/aromatic N) is 1. The standard InChI is InChI=1S/C18H21BrN2O/c1-2-13-3-5-14(6-4-13)7-8-18(22)21-10-9-16-15(12-21)11-17(19)20-16/h3-6,11,20H,2,7-10,12H2,1H3. The van der Waals surface area contributed by atoms with Crippen LogP contribution in [0.3, 0.4) is 0 Å². The lowest BCUT2D eigenvalue weighted by atomic mass is 10.0. The monoisotopic (exact) mass is 360 g/mol. The maximum Gasteiger partial charge on any atom is 0.223 e. The SMILES string of the molecule is CCc1ccc(CCC(=O)N2CCc3[nH]c(Br)cc3C2)cc1. The summed E-state index contributed by atoms with van der Waals surface area (Å²) < 4.78 is 1.00. The number of aromatic nitrogens is 1. The molecule has 0 aliphatic carbocycles. The molecule has 3 rings (SSSR count). The van der Waals surface area contributed by atoms with Gasteiger partial charge in [-0.3, -0.25) is 4.79 Å². The van der Waals surface area contributed by atoms with Gasteiger partial charge in [-0.1, -0.05) is 31.2 Å². The minimum absolute atomic E-state index is 0.252. The molecule has 1 aromatic carbocycles. The minimum Gasteiger partial charge on any atom is -0.353 e. The van der Waals surface area contributed by atoms with Gasteiger partial charge < -0.3 is 9.88 Å². The van der Waals surface area contributed by atoms with Gasteiger partial charge in [-0.15, -0.1) is 0 Å². The van der Waals surface area contributed by atoms with E-state index in [0.29, 0.717) is 6.42 Å². The molecule has 1 N–H and O–H groups in total. The van der Waals surface area contributed by atoms with Gasteiger partial charge in [0.2, 0.25) is 5.91 Å². The summed E-state index contributed by atoms with van der Waals surface area (Å²) in [6.45, 7) is 3.70. The van der Waals surface area contributed by atoms with E-state index in [1.807, 2.05) is 4.90 Å². The first kappa shape index (κ1) is 15.3. The molecule has 22 heavy (non-hydrogen) atoms. The summed E-state index contributed by atoms with van der Waals surface area (Å²) in [4.78, 5) is 17.7. The molecule has 1 aliphatic heterocycles. The van der Waals surface area contributed by atoms with Crippen molar-refractivity contribution in [3.63, 3.8) is 0 Å². The molecule has 116 valence electrons. The number of H-pyrrole nitrogens is 1. The van der Waals surface area contributed by atoms with Crippen LogP contribution >= 0.6 is 15.9 Å². The van der Waals surface area contributed by atoms with E-state index in [1.54, 1.807) is 0 Å². The smallest absolute Gasteiger partial charge is 0.223 e. The Kier molecular flexibility index (Phi) is 4.67. The number of carbonyl (C=O) groups is 1. The highest BCUT2D eigenvalue weighted by Crippen LogP contribution is 2.23. The quantitative estimate of drug-likeness (QED) is 0.882. The fourth-order valence-corrected chi connectivity index (χ4v) is 3.48. The van der Waals surface area contributed by atoms with Gasteiger partial charge in [-0.05, 0) is 51.5 Å². The topological polar surface area (TPSA) is 36.1 Å². The van der Waals surface area contributed by atoms with Crippen LogP contribution in [0.25, 0.3) is 0 Å². The number of fused-ring (bicyclic) bond motifs is 1. The van der Waals surface area contributed by atoms with Crippen molar-refractivity contribution in [3.05, 3.63) is 57.3 Å². The molecule has 0 saturated carbocycles. The van der Waals surface area contributed by atoms with Gasteiger partial charge in [0.05, 0.1) is 4.60 Å². The molecule has 1 amide bonds. The second kappa shape index (κ2) is 6.69. The summed E-state index contributed by atoms with van der Waals surface area (Å²) in [7, 11) is 0. The highest BCUT2D eigenvalue weighted by atomic mass is 79.9. The van der Waals surface area contributed by atoms with Gasteiger partial charge in [0.25, 0.3) is 0 Å². The van der Waals surface area contributed by atoms with Gasteiger partial charge in [0.15, 0.2) is 0 Å². The fourth-order valence-electron chi connectivity index (χ4n) is 2.96. The lowest BCUT2D eigenvalue weighted by Crippen LogP contribution is -2.35. The van der Waals surface area contributed by atoms with Crippen LogP contribution in [0.15, 0.2) is 34.9 Å². The van der Waals surface area contributed by atoms with Crippen LogP contribution in [0.2, 0.25) is 0 Å². The van der Waals surface area contributed by atoms with E-state index < -0.39 is 0 Å². The highest BCUT2D eigenvalue weighted by Gasteiger charge is 2.21. The van der Waals surface area contributed by atoms with Crippen molar-refractivity contribution in [3.8, 4) is 0 Å². The zero-order valence-corrected chi connectivity index (χ0v) is 14.4. The van der Waals surface area contributed by atoms with Crippen molar-refractivity contribution in [1.82, 2.24) is 9.88 Å². The zero-order valence-electron chi connectivity index (χ0n) is 12.9. The molecule has 0 unspecified atom stereocenters. The Morgan fingerprint density at radius 3 is 2.73 bits per heavy atom. The second-order valence-corrected chi connectivity index (χ2v) is 6.71. The Hall–Kier alpha value is -1.55. The van der Waals surface area contributed by atoms with Crippen LogP contribution in [0.5, 0.6) is 0 Å². The van der Waals surface area contributed by atoms with E-state index in [9.17, 15) is 4.79 Å². The van der Waals surface area contributed by atoms with Crippen LogP contribution < -0.4 is 0 Å². The van der Waals surface area contributed by atoms with Crippen LogP contribution in [-0.2, 0) is 30.6 Å². The molecule has 0 spiro atoms. The van der Waals surface area contributed by atoms with E-state index in [0.717, 1.165) is 37.0 Å². The zero-order chi connectivity index (χ0) is 15.5. The van der Waals surface area contributed by atoms with Crippen molar-refractivity contribution in [2.75, 3.05) is 6.54 Å². The molecule has 1 aromatic heterocycles. The first-order valence-corrected chi connectivity index (χ1v) is 8.67. The van der Waals surface area contributed by atoms with Crippen LogP contribution in [0, 0.1) is 0 Å². The number of aryl methyl sites for hydroxylation is 2. The summed E-state index contributed by atoms with van der Waals surface area (Å²) in [6, 6.07) is 10.7. The third kappa shape index (κ3) is 3.43. The predicted molar refractivity (Wildman–Crippen MR) is 91.8 cm³/mol. The molecule has 2 heterocycles. The summed E-state index contributed by atoms with van der Waals surface area (Å²) in [5.41, 5.74) is 5.08. The van der Waals surface area contributed by atoms with Crippen molar-refractivity contribution in [2.45, 2.75) is 39.2 Å². The molecule has 0 saturated heterocycles. The van der Waals surface area contributed by atoms with Crippen molar-refractivity contribution >= 4 is 21.8 Å². The van der Waals surface area contributed by atoms with Crippen molar-refractivity contribution < 1.29 is 4.79 Å². The first-order chi connectivity index (χ1) is 10.7. The molecular weight excluding hydrogens is 340 g/mol. The molecule has 3 nitrogen and oxygen atoms in total. The number of carbonyl (C=O) groups excluding carboxylic acids is 1.